The Kier molecular flexibility index (Phi) is 5.49. The Morgan fingerprint density at radius 1 is 1.21 bits per heavy atom. The van der Waals surface area contributed by atoms with Gasteiger partial charge < -0.3 is 9.52 Å². The van der Waals surface area contributed by atoms with Crippen molar-refractivity contribution < 1.29 is 14.3 Å². The predicted molar refractivity (Wildman–Crippen MR) is 113 cm³/mol. The topological polar surface area (TPSA) is 50.4 Å². The Hall–Kier alpha value is -1.09. The molecule has 0 amide bonds. The van der Waals surface area contributed by atoms with Crippen LogP contribution < -0.4 is 0 Å². The molecule has 3 aromatic rings. The number of unbranched alkanes of at least 4 members (excludes halogenated alkanes) is 1. The van der Waals surface area contributed by atoms with E-state index < -0.39 is 0 Å². The third kappa shape index (κ3) is 3.08. The van der Waals surface area contributed by atoms with Crippen LogP contribution >= 0.6 is 45.2 Å². The minimum atomic E-state index is 0.212. The summed E-state index contributed by atoms with van der Waals surface area (Å²) in [5.74, 6) is 1.09. The van der Waals surface area contributed by atoms with Crippen molar-refractivity contribution in [2.75, 3.05) is 0 Å². The van der Waals surface area contributed by atoms with E-state index in [-0.39, 0.29) is 5.75 Å². The number of phenols is 1. The number of rotatable bonds is 5. The molecular weight excluding hydrogens is 530 g/mol. The lowest BCUT2D eigenvalue weighted by Crippen LogP contribution is -1.97. The number of aldehydes is 1. The van der Waals surface area contributed by atoms with Crippen molar-refractivity contribution in [2.24, 2.45) is 0 Å². The van der Waals surface area contributed by atoms with Crippen LogP contribution in [0.15, 0.2) is 34.7 Å². The number of para-hydroxylation sites is 1. The molecule has 0 spiro atoms. The van der Waals surface area contributed by atoms with Gasteiger partial charge in [0.2, 0.25) is 0 Å². The van der Waals surface area contributed by atoms with E-state index in [0.717, 1.165) is 53.4 Å². The fourth-order valence-electron chi connectivity index (χ4n) is 2.86. The quantitative estimate of drug-likeness (QED) is 0.308. The minimum Gasteiger partial charge on any atom is -0.506 e. The molecule has 2 aromatic carbocycles. The van der Waals surface area contributed by atoms with Crippen LogP contribution in [0.1, 0.15) is 35.9 Å². The molecule has 124 valence electrons. The molecule has 0 aliphatic carbocycles. The molecule has 0 saturated heterocycles. The number of aromatic hydroxyl groups is 1. The molecule has 0 aliphatic heterocycles. The van der Waals surface area contributed by atoms with Gasteiger partial charge in [0.15, 0.2) is 6.29 Å². The van der Waals surface area contributed by atoms with Gasteiger partial charge in [-0.15, -0.1) is 0 Å². The van der Waals surface area contributed by atoms with Gasteiger partial charge in [0.05, 0.1) is 7.14 Å². The van der Waals surface area contributed by atoms with Crippen molar-refractivity contribution in [1.29, 1.82) is 0 Å². The van der Waals surface area contributed by atoms with Crippen molar-refractivity contribution in [3.63, 3.8) is 0 Å². The van der Waals surface area contributed by atoms with Crippen LogP contribution in [-0.2, 0) is 6.42 Å². The second kappa shape index (κ2) is 7.43. The third-order valence-electron chi connectivity index (χ3n) is 4.03. The lowest BCUT2D eigenvalue weighted by Gasteiger charge is -2.12. The van der Waals surface area contributed by atoms with Gasteiger partial charge in [-0.2, -0.15) is 0 Å². The number of furan rings is 1. The van der Waals surface area contributed by atoms with Crippen LogP contribution in [0.4, 0.5) is 0 Å². The predicted octanol–water partition coefficient (Wildman–Crippen LogP) is 6.17. The fourth-order valence-corrected chi connectivity index (χ4v) is 4.85. The van der Waals surface area contributed by atoms with Gasteiger partial charge in [0, 0.05) is 28.5 Å². The van der Waals surface area contributed by atoms with E-state index in [0.29, 0.717) is 12.7 Å². The summed E-state index contributed by atoms with van der Waals surface area (Å²) >= 11 is 4.16. The second-order valence-corrected chi connectivity index (χ2v) is 7.84. The zero-order valence-electron chi connectivity index (χ0n) is 13.1. The van der Waals surface area contributed by atoms with Crippen LogP contribution in [0, 0.1) is 7.14 Å². The van der Waals surface area contributed by atoms with Crippen LogP contribution in [0.5, 0.6) is 5.75 Å². The molecular formula is C19H16I2O3. The van der Waals surface area contributed by atoms with E-state index in [1.165, 1.54) is 0 Å². The zero-order chi connectivity index (χ0) is 17.3. The van der Waals surface area contributed by atoms with E-state index in [1.54, 1.807) is 6.07 Å². The molecule has 1 heterocycles. The standard InChI is InChI=1S/C19H16I2O3/c1-2-3-7-15-17(12-6-4-5-8-14(12)24-15)16-11(10-22)9-13(20)19(23)18(16)21/h4-6,8-10,23H,2-3,7H2,1H3. The monoisotopic (exact) mass is 546 g/mol. The molecule has 0 unspecified atom stereocenters. The van der Waals surface area contributed by atoms with E-state index in [2.05, 4.69) is 29.5 Å². The van der Waals surface area contributed by atoms with Gasteiger partial charge in [-0.3, -0.25) is 4.79 Å². The molecule has 0 bridgehead atoms. The highest BCUT2D eigenvalue weighted by molar-refractivity contribution is 14.1. The molecule has 1 aromatic heterocycles. The molecule has 0 saturated carbocycles. The van der Waals surface area contributed by atoms with Gasteiger partial charge >= 0.3 is 0 Å². The Bertz CT molecular complexity index is 913. The van der Waals surface area contributed by atoms with Crippen LogP contribution in [-0.4, -0.2) is 11.4 Å². The number of fused-ring (bicyclic) bond motifs is 1. The van der Waals surface area contributed by atoms with Gasteiger partial charge in [-0.25, -0.2) is 0 Å². The normalized spacial score (nSPS) is 11.1. The van der Waals surface area contributed by atoms with E-state index in [9.17, 15) is 9.90 Å². The zero-order valence-corrected chi connectivity index (χ0v) is 17.4. The van der Waals surface area contributed by atoms with E-state index in [1.807, 2.05) is 46.9 Å². The highest BCUT2D eigenvalue weighted by Gasteiger charge is 2.23. The molecule has 3 rings (SSSR count). The highest BCUT2D eigenvalue weighted by atomic mass is 127. The van der Waals surface area contributed by atoms with Crippen LogP contribution in [0.25, 0.3) is 22.1 Å². The Labute approximate surface area is 167 Å². The molecule has 0 aliphatic rings. The highest BCUT2D eigenvalue weighted by Crippen LogP contribution is 2.43. The second-order valence-electron chi connectivity index (χ2n) is 5.60. The van der Waals surface area contributed by atoms with Crippen LogP contribution in [0.2, 0.25) is 0 Å². The maximum Gasteiger partial charge on any atom is 0.150 e. The van der Waals surface area contributed by atoms with Gasteiger partial charge in [0.25, 0.3) is 0 Å². The maximum atomic E-state index is 11.7. The van der Waals surface area contributed by atoms with Crippen molar-refractivity contribution >= 4 is 62.4 Å². The first-order chi connectivity index (χ1) is 11.6. The largest absolute Gasteiger partial charge is 0.506 e. The fraction of sp³-hybridized carbons (Fsp3) is 0.211. The minimum absolute atomic E-state index is 0.212. The first kappa shape index (κ1) is 17.7. The molecule has 3 nitrogen and oxygen atoms in total. The Morgan fingerprint density at radius 3 is 2.67 bits per heavy atom. The summed E-state index contributed by atoms with van der Waals surface area (Å²) in [6.45, 7) is 2.14. The lowest BCUT2D eigenvalue weighted by molar-refractivity contribution is 0.112. The molecule has 0 radical (unpaired) electrons. The van der Waals surface area contributed by atoms with Gasteiger partial charge in [-0.05, 0) is 63.7 Å². The Morgan fingerprint density at radius 2 is 1.96 bits per heavy atom. The summed E-state index contributed by atoms with van der Waals surface area (Å²) in [6.07, 6.45) is 3.73. The summed E-state index contributed by atoms with van der Waals surface area (Å²) in [7, 11) is 0. The molecule has 0 atom stereocenters. The maximum absolute atomic E-state index is 11.7. The molecule has 5 heteroatoms. The van der Waals surface area contributed by atoms with Crippen molar-refractivity contribution in [3.8, 4) is 16.9 Å². The molecule has 1 N–H and O–H groups in total. The Balaban J connectivity index is 2.37. The SMILES string of the molecule is CCCCc1oc2ccccc2c1-c1c(C=O)cc(I)c(O)c1I. The molecule has 24 heavy (non-hydrogen) atoms. The van der Waals surface area contributed by atoms with Gasteiger partial charge in [0.1, 0.15) is 17.1 Å². The average Bonchev–Trinajstić information content (AvgIpc) is 2.95. The van der Waals surface area contributed by atoms with E-state index in [4.69, 9.17) is 4.42 Å². The lowest BCUT2D eigenvalue weighted by atomic mass is 9.95. The number of hydrogen-bond donors (Lipinski definition) is 1. The van der Waals surface area contributed by atoms with Crippen molar-refractivity contribution in [1.82, 2.24) is 0 Å². The van der Waals surface area contributed by atoms with Gasteiger partial charge in [-0.1, -0.05) is 31.5 Å². The van der Waals surface area contributed by atoms with Crippen LogP contribution in [0.3, 0.4) is 0 Å². The summed E-state index contributed by atoms with van der Waals surface area (Å²) in [4.78, 5) is 11.7. The number of phenolic OH excluding ortho intramolecular Hbond substituents is 1. The number of hydrogen-bond acceptors (Lipinski definition) is 3. The number of aryl methyl sites for hydroxylation is 1. The number of carbonyl (C=O) groups excluding carboxylic acids is 1. The number of carbonyl (C=O) groups is 1. The van der Waals surface area contributed by atoms with Crippen molar-refractivity contribution in [2.45, 2.75) is 26.2 Å². The first-order valence-electron chi connectivity index (χ1n) is 7.75. The molecule has 0 fully saturated rings. The summed E-state index contributed by atoms with van der Waals surface area (Å²) in [5.41, 5.74) is 3.08. The number of halogens is 2. The smallest absolute Gasteiger partial charge is 0.150 e. The third-order valence-corrected chi connectivity index (χ3v) is 5.90. The number of benzene rings is 2. The summed E-state index contributed by atoms with van der Waals surface area (Å²) in [6, 6.07) is 9.57. The van der Waals surface area contributed by atoms with E-state index >= 15 is 0 Å². The summed E-state index contributed by atoms with van der Waals surface area (Å²) in [5, 5.41) is 11.4. The van der Waals surface area contributed by atoms with Crippen molar-refractivity contribution in [3.05, 3.63) is 48.8 Å². The summed E-state index contributed by atoms with van der Waals surface area (Å²) < 4.78 is 7.44. The first-order valence-corrected chi connectivity index (χ1v) is 9.91. The average molecular weight is 546 g/mol.